The van der Waals surface area contributed by atoms with Crippen LogP contribution < -0.4 is 4.74 Å². The molecule has 106 valence electrons. The fourth-order valence-electron chi connectivity index (χ4n) is 2.09. The van der Waals surface area contributed by atoms with Crippen LogP contribution in [0.2, 0.25) is 0 Å². The fourth-order valence-corrected chi connectivity index (χ4v) is 2.09. The van der Waals surface area contributed by atoms with E-state index in [-0.39, 0.29) is 5.91 Å². The molecule has 0 radical (unpaired) electrons. The molecule has 0 aliphatic heterocycles. The van der Waals surface area contributed by atoms with Crippen molar-refractivity contribution in [1.82, 2.24) is 14.9 Å². The zero-order valence-corrected chi connectivity index (χ0v) is 12.2. The van der Waals surface area contributed by atoms with E-state index < -0.39 is 0 Å². The summed E-state index contributed by atoms with van der Waals surface area (Å²) in [6.45, 7) is 3.63. The van der Waals surface area contributed by atoms with E-state index in [0.29, 0.717) is 22.8 Å². The second kappa shape index (κ2) is 5.32. The van der Waals surface area contributed by atoms with Crippen molar-refractivity contribution < 1.29 is 13.9 Å². The van der Waals surface area contributed by atoms with Crippen LogP contribution in [0.5, 0.6) is 5.75 Å². The van der Waals surface area contributed by atoms with Gasteiger partial charge in [-0.25, -0.2) is 9.97 Å². The molecule has 0 aliphatic carbocycles. The molecule has 0 N–H and O–H groups in total. The smallest absolute Gasteiger partial charge is 0.272 e. The van der Waals surface area contributed by atoms with Gasteiger partial charge in [0.05, 0.1) is 18.4 Å². The third-order valence-electron chi connectivity index (χ3n) is 3.07. The maximum Gasteiger partial charge on any atom is 0.272 e. The average Bonchev–Trinajstić information content (AvgIpc) is 2.93. The van der Waals surface area contributed by atoms with Crippen LogP contribution >= 0.6 is 0 Å². The van der Waals surface area contributed by atoms with Crippen LogP contribution in [0, 0.1) is 13.8 Å². The van der Waals surface area contributed by atoms with Gasteiger partial charge in [-0.1, -0.05) is 0 Å². The molecule has 2 heterocycles. The van der Waals surface area contributed by atoms with E-state index in [2.05, 4.69) is 9.97 Å². The highest BCUT2D eigenvalue weighted by atomic mass is 16.5. The Morgan fingerprint density at radius 3 is 2.55 bits per heavy atom. The summed E-state index contributed by atoms with van der Waals surface area (Å²) in [6, 6.07) is 0. The molecule has 6 heteroatoms. The number of methoxy groups -OCH3 is 1. The van der Waals surface area contributed by atoms with E-state index in [1.165, 1.54) is 17.6 Å². The Labute approximate surface area is 117 Å². The molecule has 2 aromatic heterocycles. The molecule has 1 amide bonds. The Bertz CT molecular complexity index is 634. The van der Waals surface area contributed by atoms with E-state index in [9.17, 15) is 4.79 Å². The molecule has 0 unspecified atom stereocenters. The van der Waals surface area contributed by atoms with Crippen LogP contribution in [0.1, 0.15) is 21.7 Å². The number of pyridine rings is 1. The van der Waals surface area contributed by atoms with E-state index in [4.69, 9.17) is 9.15 Å². The summed E-state index contributed by atoms with van der Waals surface area (Å²) in [5.41, 5.74) is 3.12. The Morgan fingerprint density at radius 1 is 1.35 bits per heavy atom. The van der Waals surface area contributed by atoms with Crippen LogP contribution in [0.3, 0.4) is 0 Å². The molecule has 0 saturated heterocycles. The molecule has 0 spiro atoms. The number of carbonyl (C=O) groups excluding carboxylic acids is 1. The normalized spacial score (nSPS) is 10.4. The minimum Gasteiger partial charge on any atom is -0.494 e. The van der Waals surface area contributed by atoms with Crippen molar-refractivity contribution in [2.45, 2.75) is 13.8 Å². The highest BCUT2D eigenvalue weighted by Crippen LogP contribution is 2.35. The molecule has 0 aromatic carbocycles. The molecule has 6 nitrogen and oxygen atoms in total. The number of ether oxygens (including phenoxy) is 1. The van der Waals surface area contributed by atoms with E-state index >= 15 is 0 Å². The van der Waals surface area contributed by atoms with Crippen LogP contribution in [0.25, 0.3) is 11.3 Å². The number of amides is 1. The SMILES string of the molecule is COc1c(C)nc(C(=O)N(C)C)c(C)c1-c1cocn1. The minimum atomic E-state index is -0.155. The second-order valence-corrected chi connectivity index (χ2v) is 4.65. The van der Waals surface area contributed by atoms with Gasteiger partial charge < -0.3 is 14.1 Å². The van der Waals surface area contributed by atoms with Gasteiger partial charge in [0.15, 0.2) is 6.39 Å². The van der Waals surface area contributed by atoms with Crippen LogP contribution in [-0.2, 0) is 0 Å². The van der Waals surface area contributed by atoms with Gasteiger partial charge >= 0.3 is 0 Å². The van der Waals surface area contributed by atoms with Crippen molar-refractivity contribution in [2.24, 2.45) is 0 Å². The first kappa shape index (κ1) is 14.0. The number of oxazole rings is 1. The molecular weight excluding hydrogens is 258 g/mol. The topological polar surface area (TPSA) is 68.5 Å². The van der Waals surface area contributed by atoms with E-state index in [1.54, 1.807) is 28.1 Å². The first-order valence-corrected chi connectivity index (χ1v) is 6.12. The molecule has 0 fully saturated rings. The van der Waals surface area contributed by atoms with Crippen molar-refractivity contribution in [3.8, 4) is 17.0 Å². The molecule has 2 rings (SSSR count). The summed E-state index contributed by atoms with van der Waals surface area (Å²) in [5, 5.41) is 0. The summed E-state index contributed by atoms with van der Waals surface area (Å²) in [7, 11) is 4.96. The third kappa shape index (κ3) is 2.24. The number of hydrogen-bond acceptors (Lipinski definition) is 5. The van der Waals surface area contributed by atoms with Crippen molar-refractivity contribution >= 4 is 5.91 Å². The Hall–Kier alpha value is -2.37. The summed E-state index contributed by atoms with van der Waals surface area (Å²) >= 11 is 0. The molecule has 20 heavy (non-hydrogen) atoms. The Morgan fingerprint density at radius 2 is 2.05 bits per heavy atom. The summed E-state index contributed by atoms with van der Waals surface area (Å²) < 4.78 is 10.4. The Balaban J connectivity index is 2.74. The first-order chi connectivity index (χ1) is 9.47. The second-order valence-electron chi connectivity index (χ2n) is 4.65. The highest BCUT2D eigenvalue weighted by Gasteiger charge is 2.23. The quantitative estimate of drug-likeness (QED) is 0.857. The van der Waals surface area contributed by atoms with Crippen molar-refractivity contribution in [3.05, 3.63) is 29.6 Å². The number of hydrogen-bond donors (Lipinski definition) is 0. The first-order valence-electron chi connectivity index (χ1n) is 6.12. The monoisotopic (exact) mass is 275 g/mol. The number of aryl methyl sites for hydroxylation is 1. The maximum absolute atomic E-state index is 12.2. The molecular formula is C14H17N3O3. The zero-order valence-electron chi connectivity index (χ0n) is 12.2. The number of carbonyl (C=O) groups is 1. The van der Waals surface area contributed by atoms with Gasteiger partial charge in [-0.2, -0.15) is 0 Å². The lowest BCUT2D eigenvalue weighted by Gasteiger charge is -2.17. The predicted molar refractivity (Wildman–Crippen MR) is 73.8 cm³/mol. The summed E-state index contributed by atoms with van der Waals surface area (Å²) in [4.78, 5) is 22.2. The lowest BCUT2D eigenvalue weighted by Crippen LogP contribution is -2.24. The maximum atomic E-state index is 12.2. The van der Waals surface area contributed by atoms with Gasteiger partial charge in [-0.05, 0) is 19.4 Å². The van der Waals surface area contributed by atoms with Crippen LogP contribution in [0.4, 0.5) is 0 Å². The van der Waals surface area contributed by atoms with Gasteiger partial charge in [-0.15, -0.1) is 0 Å². The third-order valence-corrected chi connectivity index (χ3v) is 3.07. The van der Waals surface area contributed by atoms with Gasteiger partial charge in [0.25, 0.3) is 5.91 Å². The molecule has 0 atom stereocenters. The molecule has 0 saturated carbocycles. The van der Waals surface area contributed by atoms with Crippen molar-refractivity contribution in [2.75, 3.05) is 21.2 Å². The molecule has 2 aromatic rings. The number of aromatic nitrogens is 2. The highest BCUT2D eigenvalue weighted by molar-refractivity contribution is 5.96. The largest absolute Gasteiger partial charge is 0.494 e. The number of rotatable bonds is 3. The summed E-state index contributed by atoms with van der Waals surface area (Å²) in [5.74, 6) is 0.449. The average molecular weight is 275 g/mol. The van der Waals surface area contributed by atoms with Gasteiger partial charge in [0.1, 0.15) is 23.4 Å². The van der Waals surface area contributed by atoms with E-state index in [1.807, 2.05) is 6.92 Å². The predicted octanol–water partition coefficient (Wildman–Crippen LogP) is 2.06. The fraction of sp³-hybridized carbons (Fsp3) is 0.357. The number of nitrogens with zero attached hydrogens (tertiary/aromatic N) is 3. The molecule has 0 aliphatic rings. The zero-order chi connectivity index (χ0) is 14.9. The summed E-state index contributed by atoms with van der Waals surface area (Å²) in [6.07, 6.45) is 2.87. The van der Waals surface area contributed by atoms with Gasteiger partial charge in [0.2, 0.25) is 0 Å². The molecule has 0 bridgehead atoms. The van der Waals surface area contributed by atoms with E-state index in [0.717, 1.165) is 11.1 Å². The van der Waals surface area contributed by atoms with Gasteiger partial charge in [-0.3, -0.25) is 4.79 Å². The van der Waals surface area contributed by atoms with Crippen LogP contribution in [-0.4, -0.2) is 42.0 Å². The lowest BCUT2D eigenvalue weighted by atomic mass is 10.0. The Kier molecular flexibility index (Phi) is 3.74. The van der Waals surface area contributed by atoms with Gasteiger partial charge in [0, 0.05) is 14.1 Å². The van der Waals surface area contributed by atoms with Crippen molar-refractivity contribution in [1.29, 1.82) is 0 Å². The minimum absolute atomic E-state index is 0.155. The lowest BCUT2D eigenvalue weighted by molar-refractivity contribution is 0.0821. The van der Waals surface area contributed by atoms with Crippen LogP contribution in [0.15, 0.2) is 17.1 Å². The van der Waals surface area contributed by atoms with Crippen molar-refractivity contribution in [3.63, 3.8) is 0 Å². The standard InChI is InChI=1S/C14H17N3O3/c1-8-11(10-6-20-7-15-10)13(19-5)9(2)16-12(8)14(18)17(3)4/h6-7H,1-5H3.